The minimum absolute atomic E-state index is 0.118. The fourth-order valence-electron chi connectivity index (χ4n) is 1.35. The minimum atomic E-state index is -0.390. The summed E-state index contributed by atoms with van der Waals surface area (Å²) < 4.78 is 0. The third kappa shape index (κ3) is 1.03. The van der Waals surface area contributed by atoms with E-state index in [2.05, 4.69) is 9.98 Å². The summed E-state index contributed by atoms with van der Waals surface area (Å²) in [5.41, 5.74) is 1.63. The summed E-state index contributed by atoms with van der Waals surface area (Å²) in [7, 11) is 0. The van der Waals surface area contributed by atoms with Gasteiger partial charge in [0.25, 0.3) is 0 Å². The van der Waals surface area contributed by atoms with Gasteiger partial charge in [-0.3, -0.25) is 0 Å². The summed E-state index contributed by atoms with van der Waals surface area (Å²) in [6.45, 7) is 1.85. The Morgan fingerprint density at radius 2 is 2.17 bits per heavy atom. The van der Waals surface area contributed by atoms with Gasteiger partial charge in [-0.2, -0.15) is 4.99 Å². The van der Waals surface area contributed by atoms with E-state index in [1.807, 2.05) is 31.2 Å². The highest BCUT2D eigenvalue weighted by Gasteiger charge is 2.21. The van der Waals surface area contributed by atoms with E-state index in [0.29, 0.717) is 0 Å². The molecule has 0 aromatic carbocycles. The summed E-state index contributed by atoms with van der Waals surface area (Å²) in [5, 5.41) is 0. The van der Waals surface area contributed by atoms with Gasteiger partial charge >= 0.3 is 6.03 Å². The highest BCUT2D eigenvalue weighted by Crippen LogP contribution is 2.16. The molecule has 0 saturated carbocycles. The van der Waals surface area contributed by atoms with Gasteiger partial charge in [0.1, 0.15) is 0 Å². The third-order valence-electron chi connectivity index (χ3n) is 1.95. The Kier molecular flexibility index (Phi) is 1.50. The van der Waals surface area contributed by atoms with Gasteiger partial charge in [-0.1, -0.05) is 18.2 Å². The van der Waals surface area contributed by atoms with Crippen LogP contribution in [0, 0.1) is 5.92 Å². The maximum atomic E-state index is 10.9. The number of carbonyl (C=O) groups is 1. The van der Waals surface area contributed by atoms with Gasteiger partial charge in [0.15, 0.2) is 0 Å². The number of allylic oxidation sites excluding steroid dienone is 4. The summed E-state index contributed by atoms with van der Waals surface area (Å²) in [5.74, 6) is 0.118. The zero-order valence-corrected chi connectivity index (χ0v) is 6.69. The lowest BCUT2D eigenvalue weighted by molar-refractivity contribution is 0.256. The van der Waals surface area contributed by atoms with Crippen molar-refractivity contribution in [2.75, 3.05) is 0 Å². The van der Waals surface area contributed by atoms with E-state index in [1.165, 1.54) is 0 Å². The van der Waals surface area contributed by atoms with Crippen molar-refractivity contribution in [2.24, 2.45) is 15.9 Å². The van der Waals surface area contributed by atoms with Crippen LogP contribution in [0.2, 0.25) is 0 Å². The van der Waals surface area contributed by atoms with E-state index in [1.54, 1.807) is 0 Å². The second-order valence-electron chi connectivity index (χ2n) is 2.79. The predicted octanol–water partition coefficient (Wildman–Crippen LogP) is 1.76. The Hall–Kier alpha value is -1.51. The first-order valence-corrected chi connectivity index (χ1v) is 3.80. The minimum Gasteiger partial charge on any atom is -0.244 e. The van der Waals surface area contributed by atoms with Crippen molar-refractivity contribution in [2.45, 2.75) is 6.92 Å². The lowest BCUT2D eigenvalue weighted by Gasteiger charge is -2.17. The average Bonchev–Trinajstić information content (AvgIpc) is 2.04. The van der Waals surface area contributed by atoms with E-state index in [4.69, 9.17) is 0 Å². The average molecular weight is 160 g/mol. The van der Waals surface area contributed by atoms with Crippen LogP contribution in [0.5, 0.6) is 0 Å². The molecule has 0 spiro atoms. The van der Waals surface area contributed by atoms with Crippen LogP contribution >= 0.6 is 0 Å². The van der Waals surface area contributed by atoms with Crippen molar-refractivity contribution in [3.63, 3.8) is 0 Å². The predicted molar refractivity (Wildman–Crippen MR) is 47.7 cm³/mol. The molecule has 60 valence electrons. The topological polar surface area (TPSA) is 41.8 Å². The molecule has 0 aromatic rings. The molecule has 1 unspecified atom stereocenters. The van der Waals surface area contributed by atoms with Gasteiger partial charge in [0, 0.05) is 5.71 Å². The Labute approximate surface area is 70.2 Å². The highest BCUT2D eigenvalue weighted by molar-refractivity contribution is 6.21. The zero-order chi connectivity index (χ0) is 8.55. The Balaban J connectivity index is 2.44. The Morgan fingerprint density at radius 3 is 3.00 bits per heavy atom. The van der Waals surface area contributed by atoms with E-state index >= 15 is 0 Å². The fourth-order valence-corrected chi connectivity index (χ4v) is 1.35. The van der Waals surface area contributed by atoms with Gasteiger partial charge in [-0.05, 0) is 13.0 Å². The number of rotatable bonds is 0. The summed E-state index contributed by atoms with van der Waals surface area (Å²) in [6, 6.07) is -0.390. The number of fused-ring (bicyclic) bond motifs is 1. The molecule has 3 nitrogen and oxygen atoms in total. The first-order valence-electron chi connectivity index (χ1n) is 3.80. The molecule has 1 atom stereocenters. The molecule has 0 radical (unpaired) electrons. The normalized spacial score (nSPS) is 26.4. The van der Waals surface area contributed by atoms with Crippen molar-refractivity contribution in [1.82, 2.24) is 0 Å². The van der Waals surface area contributed by atoms with Crippen molar-refractivity contribution < 1.29 is 4.79 Å². The van der Waals surface area contributed by atoms with Gasteiger partial charge in [-0.25, -0.2) is 9.79 Å². The van der Waals surface area contributed by atoms with E-state index in [0.717, 1.165) is 11.4 Å². The Morgan fingerprint density at radius 1 is 1.33 bits per heavy atom. The van der Waals surface area contributed by atoms with E-state index in [-0.39, 0.29) is 5.92 Å². The zero-order valence-electron chi connectivity index (χ0n) is 6.69. The molecule has 12 heavy (non-hydrogen) atoms. The molecule has 3 heteroatoms. The lowest BCUT2D eigenvalue weighted by atomic mass is 9.93. The molecule has 0 fully saturated rings. The molecule has 2 rings (SSSR count). The smallest absolute Gasteiger partial charge is 0.244 e. The molecule has 2 amide bonds. The molecule has 2 aliphatic rings. The van der Waals surface area contributed by atoms with Gasteiger partial charge in [0.2, 0.25) is 0 Å². The number of nitrogens with zero attached hydrogens (tertiary/aromatic N) is 2. The van der Waals surface area contributed by atoms with Crippen LogP contribution < -0.4 is 0 Å². The number of amides is 2. The second-order valence-corrected chi connectivity index (χ2v) is 2.79. The summed E-state index contributed by atoms with van der Waals surface area (Å²) in [4.78, 5) is 18.5. The van der Waals surface area contributed by atoms with Crippen molar-refractivity contribution in [3.8, 4) is 0 Å². The molecule has 0 N–H and O–H groups in total. The first-order chi connectivity index (χ1) is 5.77. The van der Waals surface area contributed by atoms with Crippen molar-refractivity contribution >= 4 is 17.5 Å². The highest BCUT2D eigenvalue weighted by atomic mass is 16.2. The molecule has 0 saturated heterocycles. The van der Waals surface area contributed by atoms with Crippen LogP contribution in [0.3, 0.4) is 0 Å². The third-order valence-corrected chi connectivity index (χ3v) is 1.95. The number of hydrogen-bond donors (Lipinski definition) is 0. The standard InChI is InChI=1S/C9H8N2O/c1-6-7-4-2-3-5-8(7)11-9(12)10-6/h2-5,7H,1H3. The fraction of sp³-hybridized carbons (Fsp3) is 0.222. The number of urea groups is 1. The largest absolute Gasteiger partial charge is 0.367 e. The van der Waals surface area contributed by atoms with Gasteiger partial charge in [-0.15, -0.1) is 0 Å². The number of hydrogen-bond acceptors (Lipinski definition) is 1. The van der Waals surface area contributed by atoms with Crippen LogP contribution in [0.1, 0.15) is 6.92 Å². The monoisotopic (exact) mass is 160 g/mol. The maximum absolute atomic E-state index is 10.9. The number of carbonyl (C=O) groups excluding carboxylic acids is 1. The summed E-state index contributed by atoms with van der Waals surface area (Å²) >= 11 is 0. The van der Waals surface area contributed by atoms with Gasteiger partial charge in [0.05, 0.1) is 11.6 Å². The van der Waals surface area contributed by atoms with Crippen molar-refractivity contribution in [1.29, 1.82) is 0 Å². The molecular weight excluding hydrogens is 152 g/mol. The molecule has 0 bridgehead atoms. The number of aliphatic imine (C=N–C) groups is 2. The molecular formula is C9H8N2O. The molecule has 1 aliphatic heterocycles. The molecule has 0 aromatic heterocycles. The van der Waals surface area contributed by atoms with Crippen LogP contribution in [0.15, 0.2) is 34.3 Å². The second kappa shape index (κ2) is 2.52. The van der Waals surface area contributed by atoms with Crippen LogP contribution in [0.4, 0.5) is 4.79 Å². The van der Waals surface area contributed by atoms with Crippen LogP contribution in [-0.2, 0) is 0 Å². The maximum Gasteiger partial charge on any atom is 0.367 e. The quantitative estimate of drug-likeness (QED) is 0.532. The summed E-state index contributed by atoms with van der Waals surface area (Å²) in [6.07, 6.45) is 7.66. The SMILES string of the molecule is CC1=NC(=O)N=C2C=CC=CC12. The van der Waals surface area contributed by atoms with Crippen molar-refractivity contribution in [3.05, 3.63) is 24.3 Å². The lowest BCUT2D eigenvalue weighted by Crippen LogP contribution is -2.25. The molecule has 1 aliphatic carbocycles. The van der Waals surface area contributed by atoms with E-state index in [9.17, 15) is 4.79 Å². The Bertz CT molecular complexity index is 348. The molecule has 1 heterocycles. The van der Waals surface area contributed by atoms with Gasteiger partial charge < -0.3 is 0 Å². The van der Waals surface area contributed by atoms with E-state index < -0.39 is 6.03 Å². The van der Waals surface area contributed by atoms with Crippen LogP contribution in [0.25, 0.3) is 0 Å². The first kappa shape index (κ1) is 7.16. The van der Waals surface area contributed by atoms with Crippen LogP contribution in [-0.4, -0.2) is 17.5 Å².